The highest BCUT2D eigenvalue weighted by Crippen LogP contribution is 2.05. The average Bonchev–Trinajstić information content (AvgIpc) is 2.62. The fourth-order valence-electron chi connectivity index (χ4n) is 2.36. The Balaban J connectivity index is 1.80. The van der Waals surface area contributed by atoms with E-state index >= 15 is 0 Å². The highest BCUT2D eigenvalue weighted by molar-refractivity contribution is 5.90. The van der Waals surface area contributed by atoms with Crippen molar-refractivity contribution in [3.8, 4) is 0 Å². The van der Waals surface area contributed by atoms with Crippen LogP contribution in [-0.2, 0) is 11.3 Å². The molecule has 0 aliphatic carbocycles. The fraction of sp³-hybridized carbons (Fsp3) is 0.350. The van der Waals surface area contributed by atoms with Gasteiger partial charge in [0.05, 0.1) is 6.54 Å². The molecule has 6 heteroatoms. The van der Waals surface area contributed by atoms with E-state index < -0.39 is 0 Å². The molecule has 0 fully saturated rings. The zero-order valence-corrected chi connectivity index (χ0v) is 15.7. The maximum absolute atomic E-state index is 12.0. The van der Waals surface area contributed by atoms with Gasteiger partial charge in [0.2, 0.25) is 5.91 Å². The highest BCUT2D eigenvalue weighted by atomic mass is 16.1. The maximum Gasteiger partial charge on any atom is 0.227 e. The monoisotopic (exact) mass is 353 g/mol. The second-order valence-electron chi connectivity index (χ2n) is 6.13. The molecule has 138 valence electrons. The zero-order chi connectivity index (χ0) is 18.8. The zero-order valence-electron chi connectivity index (χ0n) is 15.7. The Morgan fingerprint density at radius 3 is 2.65 bits per heavy atom. The molecule has 0 atom stereocenters. The minimum absolute atomic E-state index is 0.0802. The first-order valence-corrected chi connectivity index (χ1v) is 8.87. The molecule has 26 heavy (non-hydrogen) atoms. The van der Waals surface area contributed by atoms with E-state index in [-0.39, 0.29) is 5.91 Å². The van der Waals surface area contributed by atoms with E-state index in [0.717, 1.165) is 17.7 Å². The number of aryl methyl sites for hydroxylation is 2. The minimum atomic E-state index is -0.0802. The van der Waals surface area contributed by atoms with E-state index in [1.165, 1.54) is 5.56 Å². The lowest BCUT2D eigenvalue weighted by molar-refractivity contribution is -0.116. The number of aromatic nitrogens is 1. The van der Waals surface area contributed by atoms with E-state index in [9.17, 15) is 4.79 Å². The number of pyridine rings is 1. The van der Waals surface area contributed by atoms with Gasteiger partial charge in [0.1, 0.15) is 5.82 Å². The molecule has 0 radical (unpaired) electrons. The number of hydrogen-bond acceptors (Lipinski definition) is 3. The summed E-state index contributed by atoms with van der Waals surface area (Å²) >= 11 is 0. The summed E-state index contributed by atoms with van der Waals surface area (Å²) in [7, 11) is 0. The number of rotatable bonds is 7. The van der Waals surface area contributed by atoms with Crippen LogP contribution in [0.3, 0.4) is 0 Å². The number of nitrogens with zero attached hydrogens (tertiary/aromatic N) is 2. The number of carbonyl (C=O) groups is 1. The van der Waals surface area contributed by atoms with Crippen LogP contribution in [0.1, 0.15) is 30.0 Å². The van der Waals surface area contributed by atoms with E-state index in [4.69, 9.17) is 0 Å². The first-order valence-electron chi connectivity index (χ1n) is 8.87. The van der Waals surface area contributed by atoms with Crippen LogP contribution >= 0.6 is 0 Å². The van der Waals surface area contributed by atoms with Crippen LogP contribution in [-0.4, -0.2) is 29.9 Å². The molecule has 0 bridgehead atoms. The van der Waals surface area contributed by atoms with Crippen molar-refractivity contribution in [1.82, 2.24) is 15.6 Å². The lowest BCUT2D eigenvalue weighted by Crippen LogP contribution is -2.38. The van der Waals surface area contributed by atoms with Gasteiger partial charge in [0, 0.05) is 25.7 Å². The van der Waals surface area contributed by atoms with Gasteiger partial charge in [0.25, 0.3) is 0 Å². The number of carbonyl (C=O) groups excluding carboxylic acids is 1. The average molecular weight is 353 g/mol. The normalized spacial score (nSPS) is 11.1. The molecule has 1 aromatic heterocycles. The van der Waals surface area contributed by atoms with Gasteiger partial charge in [-0.1, -0.05) is 35.9 Å². The number of anilines is 1. The van der Waals surface area contributed by atoms with Gasteiger partial charge in [-0.25, -0.2) is 9.98 Å². The largest absolute Gasteiger partial charge is 0.357 e. The number of aliphatic imine (C=N–C) groups is 1. The molecule has 2 rings (SSSR count). The Morgan fingerprint density at radius 1 is 1.12 bits per heavy atom. The van der Waals surface area contributed by atoms with E-state index in [2.05, 4.69) is 51.0 Å². The molecule has 0 spiro atoms. The maximum atomic E-state index is 12.0. The number of amides is 1. The fourth-order valence-corrected chi connectivity index (χ4v) is 2.36. The topological polar surface area (TPSA) is 78.4 Å². The number of benzene rings is 1. The second kappa shape index (κ2) is 10.2. The van der Waals surface area contributed by atoms with Crippen molar-refractivity contribution in [3.63, 3.8) is 0 Å². The molecule has 6 nitrogen and oxygen atoms in total. The SMILES string of the molecule is CCNC(=NCc1cccc(C)c1)NCCC(=O)Nc1ccc(C)cn1. The van der Waals surface area contributed by atoms with Crippen molar-refractivity contribution in [1.29, 1.82) is 0 Å². The predicted molar refractivity (Wildman–Crippen MR) is 106 cm³/mol. The van der Waals surface area contributed by atoms with Crippen LogP contribution < -0.4 is 16.0 Å². The second-order valence-corrected chi connectivity index (χ2v) is 6.13. The molecule has 0 saturated heterocycles. The third kappa shape index (κ3) is 6.93. The van der Waals surface area contributed by atoms with E-state index in [0.29, 0.717) is 31.3 Å². The Kier molecular flexibility index (Phi) is 7.61. The Labute approximate surface area is 155 Å². The first-order chi connectivity index (χ1) is 12.6. The van der Waals surface area contributed by atoms with Gasteiger partial charge in [-0.3, -0.25) is 4.79 Å². The highest BCUT2D eigenvalue weighted by Gasteiger charge is 2.04. The molecule has 0 aliphatic rings. The van der Waals surface area contributed by atoms with E-state index in [1.54, 1.807) is 12.3 Å². The van der Waals surface area contributed by atoms with E-state index in [1.807, 2.05) is 26.0 Å². The van der Waals surface area contributed by atoms with Crippen molar-refractivity contribution >= 4 is 17.7 Å². The standard InChI is InChI=1S/C20H27N5O/c1-4-21-20(24-14-17-7-5-6-15(2)12-17)22-11-10-19(26)25-18-9-8-16(3)13-23-18/h5-9,12-13H,4,10-11,14H2,1-3H3,(H2,21,22,24)(H,23,25,26). The summed E-state index contributed by atoms with van der Waals surface area (Å²) in [6.07, 6.45) is 2.07. The number of nitrogens with one attached hydrogen (secondary N) is 3. The van der Waals surface area contributed by atoms with Crippen LogP contribution in [0, 0.1) is 13.8 Å². The van der Waals surface area contributed by atoms with Crippen LogP contribution in [0.2, 0.25) is 0 Å². The van der Waals surface area contributed by atoms with Gasteiger partial charge in [-0.05, 0) is 38.0 Å². The van der Waals surface area contributed by atoms with Gasteiger partial charge >= 0.3 is 0 Å². The van der Waals surface area contributed by atoms with Gasteiger partial charge in [0.15, 0.2) is 5.96 Å². The van der Waals surface area contributed by atoms with Gasteiger partial charge < -0.3 is 16.0 Å². The summed E-state index contributed by atoms with van der Waals surface area (Å²) in [5, 5.41) is 9.17. The molecule has 0 aliphatic heterocycles. The third-order valence-electron chi connectivity index (χ3n) is 3.67. The summed E-state index contributed by atoms with van der Waals surface area (Å²) in [5.74, 6) is 1.19. The Hall–Kier alpha value is -2.89. The molecule has 2 aromatic rings. The van der Waals surface area contributed by atoms with Crippen LogP contribution in [0.4, 0.5) is 5.82 Å². The Morgan fingerprint density at radius 2 is 1.96 bits per heavy atom. The summed E-state index contributed by atoms with van der Waals surface area (Å²) in [4.78, 5) is 20.7. The molecule has 0 saturated carbocycles. The summed E-state index contributed by atoms with van der Waals surface area (Å²) in [5.41, 5.74) is 3.44. The quantitative estimate of drug-likeness (QED) is 0.528. The molecule has 1 amide bonds. The molecule has 3 N–H and O–H groups in total. The van der Waals surface area contributed by atoms with Crippen molar-refractivity contribution in [3.05, 3.63) is 59.3 Å². The summed E-state index contributed by atoms with van der Waals surface area (Å²) in [6.45, 7) is 7.89. The number of hydrogen-bond donors (Lipinski definition) is 3. The van der Waals surface area contributed by atoms with Crippen molar-refractivity contribution in [2.24, 2.45) is 4.99 Å². The lowest BCUT2D eigenvalue weighted by Gasteiger charge is -2.11. The number of guanidine groups is 1. The van der Waals surface area contributed by atoms with Gasteiger partial charge in [-0.15, -0.1) is 0 Å². The molecule has 1 aromatic carbocycles. The molecular weight excluding hydrogens is 326 g/mol. The van der Waals surface area contributed by atoms with Crippen molar-refractivity contribution in [2.45, 2.75) is 33.7 Å². The summed E-state index contributed by atoms with van der Waals surface area (Å²) < 4.78 is 0. The minimum Gasteiger partial charge on any atom is -0.357 e. The third-order valence-corrected chi connectivity index (χ3v) is 3.67. The Bertz CT molecular complexity index is 740. The first kappa shape index (κ1) is 19.4. The molecule has 0 unspecified atom stereocenters. The van der Waals surface area contributed by atoms with Crippen LogP contribution in [0.25, 0.3) is 0 Å². The van der Waals surface area contributed by atoms with Crippen LogP contribution in [0.15, 0.2) is 47.6 Å². The van der Waals surface area contributed by atoms with Crippen molar-refractivity contribution in [2.75, 3.05) is 18.4 Å². The molecular formula is C20H27N5O. The molecule has 1 heterocycles. The lowest BCUT2D eigenvalue weighted by atomic mass is 10.1. The predicted octanol–water partition coefficient (Wildman–Crippen LogP) is 2.78. The van der Waals surface area contributed by atoms with Crippen LogP contribution in [0.5, 0.6) is 0 Å². The smallest absolute Gasteiger partial charge is 0.227 e. The summed E-state index contributed by atoms with van der Waals surface area (Å²) in [6, 6.07) is 12.0. The van der Waals surface area contributed by atoms with Gasteiger partial charge in [-0.2, -0.15) is 0 Å². The van der Waals surface area contributed by atoms with Crippen molar-refractivity contribution < 1.29 is 4.79 Å².